The molecule has 0 fully saturated rings. The molecule has 0 atom stereocenters. The van der Waals surface area contributed by atoms with Crippen LogP contribution in [0.5, 0.6) is 11.5 Å². The molecule has 0 saturated carbocycles. The lowest BCUT2D eigenvalue weighted by molar-refractivity contribution is -0.129. The van der Waals surface area contributed by atoms with Crippen molar-refractivity contribution in [3.8, 4) is 22.8 Å². The molecule has 0 radical (unpaired) electrons. The molecule has 2 aromatic heterocycles. The molecule has 8 heteroatoms. The predicted octanol–water partition coefficient (Wildman–Crippen LogP) is 2.09. The molecular weight excluding hydrogens is 372 g/mol. The van der Waals surface area contributed by atoms with Crippen LogP contribution < -0.4 is 20.3 Å². The van der Waals surface area contributed by atoms with Crippen molar-refractivity contribution in [3.05, 3.63) is 70.8 Å². The average molecular weight is 392 g/mol. The van der Waals surface area contributed by atoms with Crippen LogP contribution in [0, 0.1) is 0 Å². The van der Waals surface area contributed by atoms with E-state index in [4.69, 9.17) is 9.47 Å². The number of carbonyl (C=O) groups excluding carboxylic acids is 1. The first-order valence-electron chi connectivity index (χ1n) is 9.13. The van der Waals surface area contributed by atoms with Gasteiger partial charge in [-0.25, -0.2) is 4.68 Å². The summed E-state index contributed by atoms with van der Waals surface area (Å²) in [5.74, 6) is 0.964. The first-order chi connectivity index (χ1) is 13.9. The van der Waals surface area contributed by atoms with Crippen LogP contribution in [-0.2, 0) is 16.9 Å². The van der Waals surface area contributed by atoms with Gasteiger partial charge in [0, 0.05) is 30.6 Å². The molecule has 1 aromatic carbocycles. The van der Waals surface area contributed by atoms with Crippen LogP contribution in [0.2, 0.25) is 0 Å². The lowest BCUT2D eigenvalue weighted by Gasteiger charge is -2.25. The molecule has 3 heterocycles. The number of nitrogens with one attached hydrogen (secondary N) is 1. The van der Waals surface area contributed by atoms with Gasteiger partial charge in [0.05, 0.1) is 5.69 Å². The molecule has 4 rings (SSSR count). The monoisotopic (exact) mass is 392 g/mol. The maximum Gasteiger partial charge on any atom is 0.267 e. The van der Waals surface area contributed by atoms with Crippen LogP contribution in [0.1, 0.15) is 19.4 Å². The number of nitrogens with zero attached hydrogens (tertiary/aromatic N) is 3. The van der Waals surface area contributed by atoms with Crippen molar-refractivity contribution in [2.24, 2.45) is 0 Å². The normalized spacial score (nSPS) is 12.6. The van der Waals surface area contributed by atoms with Gasteiger partial charge in [0.15, 0.2) is 11.5 Å². The van der Waals surface area contributed by atoms with Crippen molar-refractivity contribution in [2.45, 2.75) is 25.9 Å². The second kappa shape index (κ2) is 7.38. The molecule has 1 amide bonds. The van der Waals surface area contributed by atoms with Crippen LogP contribution in [0.15, 0.2) is 59.7 Å². The van der Waals surface area contributed by atoms with Gasteiger partial charge in [-0.3, -0.25) is 14.6 Å². The predicted molar refractivity (Wildman–Crippen MR) is 105 cm³/mol. The Balaban J connectivity index is 1.60. The van der Waals surface area contributed by atoms with E-state index in [0.29, 0.717) is 23.7 Å². The van der Waals surface area contributed by atoms with Crippen molar-refractivity contribution >= 4 is 5.91 Å². The van der Waals surface area contributed by atoms with Gasteiger partial charge >= 0.3 is 0 Å². The van der Waals surface area contributed by atoms with E-state index in [-0.39, 0.29) is 18.3 Å². The largest absolute Gasteiger partial charge is 0.454 e. The summed E-state index contributed by atoms with van der Waals surface area (Å²) in [7, 11) is 0. The summed E-state index contributed by atoms with van der Waals surface area (Å²) in [6, 6.07) is 12.1. The Morgan fingerprint density at radius 1 is 1.17 bits per heavy atom. The number of carbonyl (C=O) groups is 1. The fourth-order valence-corrected chi connectivity index (χ4v) is 3.02. The number of rotatable bonds is 5. The average Bonchev–Trinajstić information content (AvgIpc) is 3.20. The van der Waals surface area contributed by atoms with Crippen molar-refractivity contribution in [1.82, 2.24) is 20.1 Å². The minimum atomic E-state index is -1.19. The van der Waals surface area contributed by atoms with Crippen LogP contribution in [0.25, 0.3) is 11.3 Å². The summed E-state index contributed by atoms with van der Waals surface area (Å²) in [4.78, 5) is 29.3. The maximum atomic E-state index is 12.8. The Labute approximate surface area is 167 Å². The molecule has 148 valence electrons. The summed E-state index contributed by atoms with van der Waals surface area (Å²) in [5.41, 5.74) is 0.624. The quantitative estimate of drug-likeness (QED) is 0.714. The van der Waals surface area contributed by atoms with E-state index < -0.39 is 5.54 Å². The molecule has 1 N–H and O–H groups in total. The smallest absolute Gasteiger partial charge is 0.267 e. The Bertz CT molecular complexity index is 1110. The third-order valence-electron chi connectivity index (χ3n) is 4.73. The van der Waals surface area contributed by atoms with E-state index in [0.717, 1.165) is 11.1 Å². The van der Waals surface area contributed by atoms with E-state index in [1.165, 1.54) is 10.7 Å². The molecule has 0 bridgehead atoms. The fraction of sp³-hybridized carbons (Fsp3) is 0.238. The van der Waals surface area contributed by atoms with Gasteiger partial charge in [-0.05, 0) is 49.7 Å². The van der Waals surface area contributed by atoms with Gasteiger partial charge in [-0.2, -0.15) is 5.10 Å². The van der Waals surface area contributed by atoms with Gasteiger partial charge in [0.25, 0.3) is 5.56 Å². The summed E-state index contributed by atoms with van der Waals surface area (Å²) in [5, 5.41) is 7.29. The van der Waals surface area contributed by atoms with E-state index in [1.54, 1.807) is 50.5 Å². The van der Waals surface area contributed by atoms with Gasteiger partial charge < -0.3 is 14.8 Å². The number of aromatic nitrogens is 3. The highest BCUT2D eigenvalue weighted by molar-refractivity contribution is 5.83. The number of pyridine rings is 1. The number of hydrogen-bond donors (Lipinski definition) is 1. The third-order valence-corrected chi connectivity index (χ3v) is 4.73. The molecule has 1 aliphatic rings. The number of hydrogen-bond acceptors (Lipinski definition) is 6. The highest BCUT2D eigenvalue weighted by atomic mass is 16.7. The number of ether oxygens (including phenoxy) is 2. The first-order valence-corrected chi connectivity index (χ1v) is 9.13. The Hall–Kier alpha value is -3.68. The van der Waals surface area contributed by atoms with E-state index in [9.17, 15) is 9.59 Å². The van der Waals surface area contributed by atoms with Crippen LogP contribution >= 0.6 is 0 Å². The number of fused-ring (bicyclic) bond motifs is 1. The second-order valence-electron chi connectivity index (χ2n) is 7.14. The Kier molecular flexibility index (Phi) is 4.75. The van der Waals surface area contributed by atoms with E-state index in [2.05, 4.69) is 15.4 Å². The molecule has 8 nitrogen and oxygen atoms in total. The summed E-state index contributed by atoms with van der Waals surface area (Å²) >= 11 is 0. The topological polar surface area (TPSA) is 95.3 Å². The summed E-state index contributed by atoms with van der Waals surface area (Å²) in [6.45, 7) is 3.80. The lowest BCUT2D eigenvalue weighted by Crippen LogP contribution is -2.49. The highest BCUT2D eigenvalue weighted by Crippen LogP contribution is 2.35. The zero-order chi connectivity index (χ0) is 20.4. The van der Waals surface area contributed by atoms with Gasteiger partial charge in [0.1, 0.15) is 5.54 Å². The van der Waals surface area contributed by atoms with Gasteiger partial charge in [-0.15, -0.1) is 0 Å². The number of benzene rings is 1. The van der Waals surface area contributed by atoms with Crippen LogP contribution in [0.3, 0.4) is 0 Å². The second-order valence-corrected chi connectivity index (χ2v) is 7.14. The van der Waals surface area contributed by atoms with Crippen LogP contribution in [0.4, 0.5) is 0 Å². The minimum absolute atomic E-state index is 0.176. The summed E-state index contributed by atoms with van der Waals surface area (Å²) < 4.78 is 11.9. The summed E-state index contributed by atoms with van der Waals surface area (Å²) in [6.07, 6.45) is 3.35. The molecule has 1 aliphatic heterocycles. The minimum Gasteiger partial charge on any atom is -0.454 e. The van der Waals surface area contributed by atoms with E-state index in [1.807, 2.05) is 12.1 Å². The zero-order valence-corrected chi connectivity index (χ0v) is 16.1. The molecule has 0 unspecified atom stereocenters. The lowest BCUT2D eigenvalue weighted by atomic mass is 10.0. The van der Waals surface area contributed by atoms with Crippen molar-refractivity contribution < 1.29 is 14.3 Å². The molecular formula is C21H20N4O4. The van der Waals surface area contributed by atoms with Gasteiger partial charge in [-0.1, -0.05) is 6.07 Å². The standard InChI is InChI=1S/C21H20N4O4/c1-21(2,20(27)23-12-14-4-3-9-22-11-14)25-19(26)8-6-16(24-25)15-5-7-17-18(10-15)29-13-28-17/h3-11H,12-13H2,1-2H3,(H,23,27). The first kappa shape index (κ1) is 18.7. The van der Waals surface area contributed by atoms with Crippen LogP contribution in [-0.4, -0.2) is 27.5 Å². The molecule has 0 saturated heterocycles. The van der Waals surface area contributed by atoms with Crippen molar-refractivity contribution in [3.63, 3.8) is 0 Å². The highest BCUT2D eigenvalue weighted by Gasteiger charge is 2.32. The molecule has 0 aliphatic carbocycles. The van der Waals surface area contributed by atoms with Crippen molar-refractivity contribution in [1.29, 1.82) is 0 Å². The van der Waals surface area contributed by atoms with E-state index >= 15 is 0 Å². The molecule has 3 aromatic rings. The zero-order valence-electron chi connectivity index (χ0n) is 16.1. The Morgan fingerprint density at radius 2 is 2.00 bits per heavy atom. The van der Waals surface area contributed by atoms with Gasteiger partial charge in [0.2, 0.25) is 12.7 Å². The SMILES string of the molecule is CC(C)(C(=O)NCc1cccnc1)n1nc(-c2ccc3c(c2)OCO3)ccc1=O. The number of amides is 1. The third kappa shape index (κ3) is 3.69. The molecule has 29 heavy (non-hydrogen) atoms. The molecule has 0 spiro atoms. The maximum absolute atomic E-state index is 12.8. The fourth-order valence-electron chi connectivity index (χ4n) is 3.02. The Morgan fingerprint density at radius 3 is 2.79 bits per heavy atom. The van der Waals surface area contributed by atoms with Crippen molar-refractivity contribution in [2.75, 3.05) is 6.79 Å².